The maximum absolute atomic E-state index is 12.2. The molecule has 0 aliphatic carbocycles. The summed E-state index contributed by atoms with van der Waals surface area (Å²) >= 11 is 6.35. The molecule has 0 radical (unpaired) electrons. The van der Waals surface area contributed by atoms with Crippen molar-refractivity contribution >= 4 is 34.8 Å². The Hall–Kier alpha value is -2.73. The van der Waals surface area contributed by atoms with Gasteiger partial charge in [0.1, 0.15) is 5.75 Å². The minimum Gasteiger partial charge on any atom is -0.497 e. The van der Waals surface area contributed by atoms with Gasteiger partial charge in [-0.1, -0.05) is 23.7 Å². The van der Waals surface area contributed by atoms with Crippen molar-refractivity contribution < 1.29 is 14.3 Å². The molecule has 1 saturated heterocycles. The van der Waals surface area contributed by atoms with Gasteiger partial charge in [-0.25, -0.2) is 0 Å². The van der Waals surface area contributed by atoms with E-state index in [1.54, 1.807) is 19.2 Å². The molecule has 0 bridgehead atoms. The molecule has 6 nitrogen and oxygen atoms in total. The summed E-state index contributed by atoms with van der Waals surface area (Å²) in [6.07, 6.45) is 0.260. The highest BCUT2D eigenvalue weighted by Gasteiger charge is 2.18. The number of amides is 2. The topological polar surface area (TPSA) is 70.7 Å². The number of methoxy groups -OCH3 is 1. The molecule has 136 valence electrons. The van der Waals surface area contributed by atoms with E-state index < -0.39 is 0 Å². The van der Waals surface area contributed by atoms with Crippen LogP contribution in [0.4, 0.5) is 11.4 Å². The van der Waals surface area contributed by atoms with Crippen LogP contribution in [-0.4, -0.2) is 38.6 Å². The van der Waals surface area contributed by atoms with Gasteiger partial charge in [-0.3, -0.25) is 9.59 Å². The van der Waals surface area contributed by atoms with Crippen molar-refractivity contribution in [2.45, 2.75) is 6.42 Å². The Morgan fingerprint density at radius 2 is 2.04 bits per heavy atom. The SMILES string of the molecule is COc1ccc(CC(=O)Nc2ccc(N3CCNC(=O)C3)c(Cl)c2)cc1. The zero-order valence-corrected chi connectivity index (χ0v) is 15.2. The number of hydrogen-bond donors (Lipinski definition) is 2. The lowest BCUT2D eigenvalue weighted by Crippen LogP contribution is -2.47. The highest BCUT2D eigenvalue weighted by Crippen LogP contribution is 2.29. The molecule has 3 rings (SSSR count). The van der Waals surface area contributed by atoms with Gasteiger partial charge in [0.2, 0.25) is 11.8 Å². The summed E-state index contributed by atoms with van der Waals surface area (Å²) in [5, 5.41) is 6.13. The van der Waals surface area contributed by atoms with Gasteiger partial charge in [0.05, 0.1) is 30.8 Å². The fourth-order valence-corrected chi connectivity index (χ4v) is 3.12. The van der Waals surface area contributed by atoms with Crippen molar-refractivity contribution in [3.8, 4) is 5.75 Å². The summed E-state index contributed by atoms with van der Waals surface area (Å²) in [7, 11) is 1.60. The van der Waals surface area contributed by atoms with Crippen molar-refractivity contribution in [2.24, 2.45) is 0 Å². The van der Waals surface area contributed by atoms with Gasteiger partial charge in [-0.15, -0.1) is 0 Å². The minimum atomic E-state index is -0.128. The molecule has 7 heteroatoms. The lowest BCUT2D eigenvalue weighted by Gasteiger charge is -2.29. The quantitative estimate of drug-likeness (QED) is 0.844. The molecule has 0 atom stereocenters. The number of piperazine rings is 1. The molecule has 26 heavy (non-hydrogen) atoms. The van der Waals surface area contributed by atoms with E-state index in [0.29, 0.717) is 23.8 Å². The lowest BCUT2D eigenvalue weighted by molar-refractivity contribution is -0.120. The second-order valence-electron chi connectivity index (χ2n) is 6.01. The lowest BCUT2D eigenvalue weighted by atomic mass is 10.1. The first-order chi connectivity index (χ1) is 12.5. The molecular formula is C19H20ClN3O3. The van der Waals surface area contributed by atoms with Crippen LogP contribution in [0.15, 0.2) is 42.5 Å². The van der Waals surface area contributed by atoms with E-state index in [4.69, 9.17) is 16.3 Å². The molecule has 0 saturated carbocycles. The van der Waals surface area contributed by atoms with Crippen LogP contribution < -0.4 is 20.3 Å². The molecule has 1 heterocycles. The standard InChI is InChI=1S/C19H20ClN3O3/c1-26-15-5-2-13(3-6-15)10-18(24)22-14-4-7-17(16(20)11-14)23-9-8-21-19(25)12-23/h2-7,11H,8-10,12H2,1H3,(H,21,25)(H,22,24). The van der Waals surface area contributed by atoms with Gasteiger partial charge in [0, 0.05) is 18.8 Å². The molecule has 2 aromatic rings. The second-order valence-corrected chi connectivity index (χ2v) is 6.42. The molecule has 0 unspecified atom stereocenters. The van der Waals surface area contributed by atoms with E-state index >= 15 is 0 Å². The number of nitrogens with one attached hydrogen (secondary N) is 2. The number of halogens is 1. The van der Waals surface area contributed by atoms with E-state index in [9.17, 15) is 9.59 Å². The van der Waals surface area contributed by atoms with Crippen LogP contribution in [0.1, 0.15) is 5.56 Å². The van der Waals surface area contributed by atoms with Crippen LogP contribution in [0.25, 0.3) is 0 Å². The predicted octanol–water partition coefficient (Wildman–Crippen LogP) is 2.47. The Bertz CT molecular complexity index is 808. The average Bonchev–Trinajstić information content (AvgIpc) is 2.62. The van der Waals surface area contributed by atoms with Gasteiger partial charge in [0.25, 0.3) is 0 Å². The average molecular weight is 374 g/mol. The van der Waals surface area contributed by atoms with Crippen LogP contribution in [-0.2, 0) is 16.0 Å². The largest absolute Gasteiger partial charge is 0.497 e. The molecule has 1 aliphatic rings. The summed E-state index contributed by atoms with van der Waals surface area (Å²) in [5.41, 5.74) is 2.30. The van der Waals surface area contributed by atoms with Gasteiger partial charge < -0.3 is 20.3 Å². The summed E-state index contributed by atoms with van der Waals surface area (Å²) in [4.78, 5) is 25.7. The maximum atomic E-state index is 12.2. The van der Waals surface area contributed by atoms with E-state index in [1.165, 1.54) is 0 Å². The van der Waals surface area contributed by atoms with Crippen LogP contribution in [0.2, 0.25) is 5.02 Å². The minimum absolute atomic E-state index is 0.0239. The number of rotatable bonds is 5. The molecule has 0 aromatic heterocycles. The zero-order chi connectivity index (χ0) is 18.5. The van der Waals surface area contributed by atoms with Crippen molar-refractivity contribution in [2.75, 3.05) is 37.0 Å². The molecule has 1 aliphatic heterocycles. The predicted molar refractivity (Wildman–Crippen MR) is 102 cm³/mol. The highest BCUT2D eigenvalue weighted by molar-refractivity contribution is 6.33. The molecule has 2 N–H and O–H groups in total. The number of benzene rings is 2. The third-order valence-corrected chi connectivity index (χ3v) is 4.44. The number of nitrogens with zero attached hydrogens (tertiary/aromatic N) is 1. The number of hydrogen-bond acceptors (Lipinski definition) is 4. The van der Waals surface area contributed by atoms with E-state index in [2.05, 4.69) is 10.6 Å². The van der Waals surface area contributed by atoms with E-state index in [-0.39, 0.29) is 24.8 Å². The molecular weight excluding hydrogens is 354 g/mol. The Morgan fingerprint density at radius 3 is 2.69 bits per heavy atom. The number of carbonyl (C=O) groups is 2. The first kappa shape index (κ1) is 18.1. The fraction of sp³-hybridized carbons (Fsp3) is 0.263. The first-order valence-electron chi connectivity index (χ1n) is 8.29. The van der Waals surface area contributed by atoms with Gasteiger partial charge in [-0.2, -0.15) is 0 Å². The molecule has 1 fully saturated rings. The number of carbonyl (C=O) groups excluding carboxylic acids is 2. The summed E-state index contributed by atoms with van der Waals surface area (Å²) in [6, 6.07) is 12.7. The highest BCUT2D eigenvalue weighted by atomic mass is 35.5. The Labute approximate surface area is 157 Å². The summed E-state index contributed by atoms with van der Waals surface area (Å²) < 4.78 is 5.11. The van der Waals surface area contributed by atoms with Crippen molar-refractivity contribution in [3.63, 3.8) is 0 Å². The van der Waals surface area contributed by atoms with Crippen LogP contribution in [0.5, 0.6) is 5.75 Å². The van der Waals surface area contributed by atoms with Crippen molar-refractivity contribution in [3.05, 3.63) is 53.1 Å². The van der Waals surface area contributed by atoms with Crippen LogP contribution in [0.3, 0.4) is 0 Å². The summed E-state index contributed by atoms with van der Waals surface area (Å²) in [5.74, 6) is 0.600. The zero-order valence-electron chi connectivity index (χ0n) is 14.4. The second kappa shape index (κ2) is 8.10. The van der Waals surface area contributed by atoms with E-state index in [0.717, 1.165) is 17.0 Å². The Balaban J connectivity index is 1.63. The Morgan fingerprint density at radius 1 is 1.27 bits per heavy atom. The monoisotopic (exact) mass is 373 g/mol. The van der Waals surface area contributed by atoms with Gasteiger partial charge >= 0.3 is 0 Å². The maximum Gasteiger partial charge on any atom is 0.239 e. The normalized spacial score (nSPS) is 13.9. The van der Waals surface area contributed by atoms with Gasteiger partial charge in [0.15, 0.2) is 0 Å². The molecule has 0 spiro atoms. The third kappa shape index (κ3) is 4.46. The van der Waals surface area contributed by atoms with Crippen molar-refractivity contribution in [1.29, 1.82) is 0 Å². The summed E-state index contributed by atoms with van der Waals surface area (Å²) in [6.45, 7) is 1.58. The van der Waals surface area contributed by atoms with Crippen LogP contribution in [0, 0.1) is 0 Å². The number of ether oxygens (including phenoxy) is 1. The third-order valence-electron chi connectivity index (χ3n) is 4.13. The van der Waals surface area contributed by atoms with Crippen LogP contribution >= 0.6 is 11.6 Å². The Kier molecular flexibility index (Phi) is 5.63. The van der Waals surface area contributed by atoms with Crippen molar-refractivity contribution in [1.82, 2.24) is 5.32 Å². The van der Waals surface area contributed by atoms with E-state index in [1.807, 2.05) is 35.2 Å². The smallest absolute Gasteiger partial charge is 0.239 e. The molecule has 2 amide bonds. The number of anilines is 2. The fourth-order valence-electron chi connectivity index (χ4n) is 2.82. The molecule has 2 aromatic carbocycles. The van der Waals surface area contributed by atoms with Gasteiger partial charge in [-0.05, 0) is 35.9 Å². The first-order valence-corrected chi connectivity index (χ1v) is 8.67.